The van der Waals surface area contributed by atoms with Gasteiger partial charge in [-0.15, -0.1) is 0 Å². The van der Waals surface area contributed by atoms with E-state index >= 15 is 0 Å². The fraction of sp³-hybridized carbons (Fsp3) is 0.385. The van der Waals surface area contributed by atoms with Gasteiger partial charge in [0.1, 0.15) is 0 Å². The molecule has 8 heteroatoms. The lowest BCUT2D eigenvalue weighted by atomic mass is 10.0. The van der Waals surface area contributed by atoms with Gasteiger partial charge in [0.15, 0.2) is 0 Å². The number of ether oxygens (including phenoxy) is 1. The fourth-order valence-corrected chi connectivity index (χ4v) is 2.18. The summed E-state index contributed by atoms with van der Waals surface area (Å²) in [5.74, 6) is -1.71. The summed E-state index contributed by atoms with van der Waals surface area (Å²) in [6.07, 6.45) is -2.01. The largest absolute Gasteiger partial charge is 0.462 e. The van der Waals surface area contributed by atoms with Crippen molar-refractivity contribution in [1.29, 1.82) is 0 Å². The van der Waals surface area contributed by atoms with Gasteiger partial charge in [-0.1, -0.05) is 0 Å². The molecule has 7 nitrogen and oxygen atoms in total. The van der Waals surface area contributed by atoms with Crippen molar-refractivity contribution in [2.45, 2.75) is 26.1 Å². The van der Waals surface area contributed by atoms with Crippen molar-refractivity contribution in [3.05, 3.63) is 33.9 Å². The van der Waals surface area contributed by atoms with Gasteiger partial charge in [0.2, 0.25) is 5.91 Å². The number of fused-ring (bicyclic) bond motifs is 1. The average Bonchev–Trinajstić information content (AvgIpc) is 2.46. The molecular formula is C13H13FN2O5. The molecule has 1 aromatic carbocycles. The van der Waals surface area contributed by atoms with E-state index in [1.165, 1.54) is 25.1 Å². The Morgan fingerprint density at radius 2 is 2.24 bits per heavy atom. The minimum absolute atomic E-state index is 0.00555. The van der Waals surface area contributed by atoms with Gasteiger partial charge in [0.25, 0.3) is 12.0 Å². The maximum absolute atomic E-state index is 14.2. The molecule has 1 unspecified atom stereocenters. The molecule has 21 heavy (non-hydrogen) atoms. The van der Waals surface area contributed by atoms with E-state index in [1.54, 1.807) is 0 Å². The predicted molar refractivity (Wildman–Crippen MR) is 70.4 cm³/mol. The monoisotopic (exact) mass is 296 g/mol. The van der Waals surface area contributed by atoms with Crippen LogP contribution in [0.3, 0.4) is 0 Å². The highest BCUT2D eigenvalue weighted by Crippen LogP contribution is 2.32. The van der Waals surface area contributed by atoms with Crippen molar-refractivity contribution in [3.8, 4) is 0 Å². The number of rotatable bonds is 4. The predicted octanol–water partition coefficient (Wildman–Crippen LogP) is 1.73. The number of nitro groups is 1. The quantitative estimate of drug-likeness (QED) is 0.365. The Bertz CT molecular complexity index is 604. The average molecular weight is 296 g/mol. The van der Waals surface area contributed by atoms with Gasteiger partial charge in [0.05, 0.1) is 17.2 Å². The molecule has 0 N–H and O–H groups in total. The number of alkyl halides is 1. The molecule has 1 aliphatic heterocycles. The molecule has 1 heterocycles. The van der Waals surface area contributed by atoms with Crippen LogP contribution in [0.5, 0.6) is 0 Å². The van der Waals surface area contributed by atoms with Crippen LogP contribution in [0.1, 0.15) is 18.9 Å². The van der Waals surface area contributed by atoms with Crippen molar-refractivity contribution in [2.24, 2.45) is 0 Å². The third kappa shape index (κ3) is 2.83. The molecule has 0 aromatic heterocycles. The summed E-state index contributed by atoms with van der Waals surface area (Å²) in [5, 5.41) is 10.7. The Hall–Kier alpha value is -2.51. The summed E-state index contributed by atoms with van der Waals surface area (Å²) < 4.78 is 18.7. The number of nitrogens with zero attached hydrogens (tertiary/aromatic N) is 2. The first-order valence-corrected chi connectivity index (χ1v) is 6.35. The van der Waals surface area contributed by atoms with Crippen LogP contribution in [0.25, 0.3) is 0 Å². The van der Waals surface area contributed by atoms with E-state index in [0.717, 1.165) is 0 Å². The van der Waals surface area contributed by atoms with Gasteiger partial charge < -0.3 is 4.74 Å². The second kappa shape index (κ2) is 5.86. The van der Waals surface area contributed by atoms with Crippen LogP contribution in [0.15, 0.2) is 18.2 Å². The Balaban J connectivity index is 2.38. The third-order valence-corrected chi connectivity index (χ3v) is 3.12. The second-order valence-electron chi connectivity index (χ2n) is 4.42. The zero-order valence-electron chi connectivity index (χ0n) is 11.2. The summed E-state index contributed by atoms with van der Waals surface area (Å²) in [7, 11) is 0. The van der Waals surface area contributed by atoms with Crippen LogP contribution in [0.4, 0.5) is 15.8 Å². The van der Waals surface area contributed by atoms with Crippen LogP contribution in [0.2, 0.25) is 0 Å². The summed E-state index contributed by atoms with van der Waals surface area (Å²) in [6, 6.07) is 3.73. The van der Waals surface area contributed by atoms with E-state index in [2.05, 4.69) is 4.74 Å². The van der Waals surface area contributed by atoms with E-state index in [9.17, 15) is 24.1 Å². The zero-order chi connectivity index (χ0) is 15.6. The molecule has 1 aliphatic rings. The number of amides is 1. The molecule has 0 aliphatic carbocycles. The molecule has 0 saturated heterocycles. The molecule has 1 aromatic rings. The number of halogens is 1. The van der Waals surface area contributed by atoms with Crippen LogP contribution < -0.4 is 4.90 Å². The van der Waals surface area contributed by atoms with Gasteiger partial charge in [-0.2, -0.15) is 0 Å². The van der Waals surface area contributed by atoms with E-state index < -0.39 is 23.1 Å². The summed E-state index contributed by atoms with van der Waals surface area (Å²) in [5.41, 5.74) is 0.475. The first-order valence-electron chi connectivity index (χ1n) is 6.35. The van der Waals surface area contributed by atoms with Gasteiger partial charge >= 0.3 is 5.97 Å². The Kier molecular flexibility index (Phi) is 4.15. The smallest absolute Gasteiger partial charge is 0.362 e. The maximum atomic E-state index is 14.2. The number of aryl methyl sites for hydroxylation is 1. The van der Waals surface area contributed by atoms with Crippen LogP contribution in [-0.4, -0.2) is 29.7 Å². The summed E-state index contributed by atoms with van der Waals surface area (Å²) >= 11 is 0. The van der Waals surface area contributed by atoms with E-state index in [-0.39, 0.29) is 30.8 Å². The minimum Gasteiger partial charge on any atom is -0.462 e. The Morgan fingerprint density at radius 1 is 1.52 bits per heavy atom. The number of hydrogen-bond acceptors (Lipinski definition) is 5. The number of esters is 1. The molecule has 112 valence electrons. The molecule has 0 spiro atoms. The fourth-order valence-electron chi connectivity index (χ4n) is 2.18. The standard InChI is InChI=1S/C13H13FN2O5/c1-2-21-13(18)12(14)15-10-5-4-9(16(19)20)7-8(10)3-6-11(15)17/h4-5,7,12H,2-3,6H2,1H3. The van der Waals surface area contributed by atoms with E-state index in [4.69, 9.17) is 0 Å². The van der Waals surface area contributed by atoms with Crippen molar-refractivity contribution >= 4 is 23.3 Å². The number of benzene rings is 1. The molecule has 2 rings (SSSR count). The second-order valence-corrected chi connectivity index (χ2v) is 4.42. The molecule has 0 fully saturated rings. The Labute approximate surface area is 119 Å². The first kappa shape index (κ1) is 14.9. The van der Waals surface area contributed by atoms with Crippen molar-refractivity contribution < 1.29 is 23.6 Å². The topological polar surface area (TPSA) is 89.8 Å². The molecule has 0 saturated carbocycles. The lowest BCUT2D eigenvalue weighted by molar-refractivity contribution is -0.384. The highest BCUT2D eigenvalue weighted by atomic mass is 19.1. The third-order valence-electron chi connectivity index (χ3n) is 3.12. The minimum atomic E-state index is -2.25. The number of carbonyl (C=O) groups excluding carboxylic acids is 2. The summed E-state index contributed by atoms with van der Waals surface area (Å²) in [6.45, 7) is 1.52. The number of carbonyl (C=O) groups is 2. The van der Waals surface area contributed by atoms with Crippen molar-refractivity contribution in [2.75, 3.05) is 11.5 Å². The Morgan fingerprint density at radius 3 is 2.86 bits per heavy atom. The van der Waals surface area contributed by atoms with Crippen LogP contribution in [-0.2, 0) is 20.7 Å². The van der Waals surface area contributed by atoms with Gasteiger partial charge in [-0.3, -0.25) is 19.8 Å². The molecule has 0 bridgehead atoms. The number of hydrogen-bond donors (Lipinski definition) is 0. The first-order chi connectivity index (χ1) is 9.95. The highest BCUT2D eigenvalue weighted by molar-refractivity contribution is 6.01. The zero-order valence-corrected chi connectivity index (χ0v) is 11.2. The molecule has 1 amide bonds. The lowest BCUT2D eigenvalue weighted by Crippen LogP contribution is -2.45. The SMILES string of the molecule is CCOC(=O)C(F)N1C(=O)CCc2cc([N+](=O)[O-])ccc21. The number of non-ortho nitro benzene ring substituents is 1. The maximum Gasteiger partial charge on any atom is 0.362 e. The van der Waals surface area contributed by atoms with Gasteiger partial charge in [0, 0.05) is 18.6 Å². The van der Waals surface area contributed by atoms with Gasteiger partial charge in [-0.05, 0) is 25.0 Å². The van der Waals surface area contributed by atoms with E-state index in [0.29, 0.717) is 10.5 Å². The van der Waals surface area contributed by atoms with E-state index in [1.807, 2.05) is 0 Å². The number of anilines is 1. The van der Waals surface area contributed by atoms with Crippen LogP contribution >= 0.6 is 0 Å². The highest BCUT2D eigenvalue weighted by Gasteiger charge is 2.36. The lowest BCUT2D eigenvalue weighted by Gasteiger charge is -2.30. The van der Waals surface area contributed by atoms with Crippen molar-refractivity contribution in [1.82, 2.24) is 0 Å². The molecule has 0 radical (unpaired) electrons. The number of nitro benzene ring substituents is 1. The molecule has 1 atom stereocenters. The molecular weight excluding hydrogens is 283 g/mol. The van der Waals surface area contributed by atoms with Crippen molar-refractivity contribution in [3.63, 3.8) is 0 Å². The summed E-state index contributed by atoms with van der Waals surface area (Å²) in [4.78, 5) is 34.2. The normalized spacial score (nSPS) is 15.3. The van der Waals surface area contributed by atoms with Crippen LogP contribution in [0, 0.1) is 10.1 Å². The van der Waals surface area contributed by atoms with Gasteiger partial charge in [-0.25, -0.2) is 9.18 Å².